The van der Waals surface area contributed by atoms with Crippen molar-refractivity contribution in [1.29, 1.82) is 0 Å². The van der Waals surface area contributed by atoms with E-state index in [4.69, 9.17) is 9.73 Å². The molecule has 8 heteroatoms. The summed E-state index contributed by atoms with van der Waals surface area (Å²) in [6.45, 7) is 4.19. The number of hydrogen-bond donors (Lipinski definition) is 2. The molecule has 0 aliphatic heterocycles. The zero-order chi connectivity index (χ0) is 20.6. The third kappa shape index (κ3) is 8.14. The second-order valence-corrected chi connectivity index (χ2v) is 8.64. The third-order valence-electron chi connectivity index (χ3n) is 4.72. The maximum atomic E-state index is 12.0. The standard InChI is InChI=1S/C22H30N4O2S.HI/c1-16-6-9-18(20(11-16)28-15-17-7-8-17)12-23-22(25-14-21(27)26(2)3)24-13-19-5-4-10-29-19;/h4-6,9-11,17H,7-8,12-15H2,1-3H3,(H2,23,24,25);1H. The van der Waals surface area contributed by atoms with Crippen molar-refractivity contribution >= 4 is 47.2 Å². The fourth-order valence-corrected chi connectivity index (χ4v) is 3.30. The number of aryl methyl sites for hydroxylation is 1. The monoisotopic (exact) mass is 542 g/mol. The Hall–Kier alpha value is -1.81. The molecule has 3 rings (SSSR count). The molecule has 1 heterocycles. The summed E-state index contributed by atoms with van der Waals surface area (Å²) in [5.74, 6) is 2.22. The molecule has 164 valence electrons. The van der Waals surface area contributed by atoms with Gasteiger partial charge in [0, 0.05) is 24.5 Å². The molecular weight excluding hydrogens is 511 g/mol. The average molecular weight is 542 g/mol. The molecule has 0 radical (unpaired) electrons. The zero-order valence-electron chi connectivity index (χ0n) is 17.8. The van der Waals surface area contributed by atoms with Crippen molar-refractivity contribution in [1.82, 2.24) is 15.5 Å². The van der Waals surface area contributed by atoms with Crippen molar-refractivity contribution in [2.24, 2.45) is 10.9 Å². The molecular formula is C22H31IN4O2S. The van der Waals surface area contributed by atoms with Gasteiger partial charge in [-0.05, 0) is 48.8 Å². The van der Waals surface area contributed by atoms with Gasteiger partial charge in [0.2, 0.25) is 5.91 Å². The average Bonchev–Trinajstić information content (AvgIpc) is 3.39. The van der Waals surface area contributed by atoms with Crippen molar-refractivity contribution in [3.05, 3.63) is 51.7 Å². The summed E-state index contributed by atoms with van der Waals surface area (Å²) in [6, 6.07) is 10.3. The van der Waals surface area contributed by atoms with Crippen LogP contribution >= 0.6 is 35.3 Å². The van der Waals surface area contributed by atoms with Crippen LogP contribution in [0.25, 0.3) is 0 Å². The number of aliphatic imine (C=N–C) groups is 1. The van der Waals surface area contributed by atoms with E-state index < -0.39 is 0 Å². The van der Waals surface area contributed by atoms with Crippen LogP contribution in [0.5, 0.6) is 5.75 Å². The van der Waals surface area contributed by atoms with Gasteiger partial charge in [-0.1, -0.05) is 18.2 Å². The normalized spacial score (nSPS) is 13.4. The minimum atomic E-state index is -0.000541. The summed E-state index contributed by atoms with van der Waals surface area (Å²) < 4.78 is 6.05. The number of hydrogen-bond acceptors (Lipinski definition) is 4. The molecule has 2 N–H and O–H groups in total. The number of carbonyl (C=O) groups is 1. The maximum Gasteiger partial charge on any atom is 0.241 e. The largest absolute Gasteiger partial charge is 0.493 e. The van der Waals surface area contributed by atoms with Crippen LogP contribution in [0.2, 0.25) is 0 Å². The van der Waals surface area contributed by atoms with Crippen LogP contribution < -0.4 is 15.4 Å². The molecule has 1 aliphatic carbocycles. The second-order valence-electron chi connectivity index (χ2n) is 7.61. The van der Waals surface area contributed by atoms with E-state index in [0.717, 1.165) is 17.9 Å². The van der Waals surface area contributed by atoms with Gasteiger partial charge in [-0.3, -0.25) is 4.79 Å². The first kappa shape index (κ1) is 24.5. The van der Waals surface area contributed by atoms with E-state index in [0.29, 0.717) is 25.0 Å². The molecule has 6 nitrogen and oxygen atoms in total. The quantitative estimate of drug-likeness (QED) is 0.288. The van der Waals surface area contributed by atoms with Gasteiger partial charge in [0.25, 0.3) is 0 Å². The lowest BCUT2D eigenvalue weighted by atomic mass is 10.1. The zero-order valence-corrected chi connectivity index (χ0v) is 21.0. The van der Waals surface area contributed by atoms with Gasteiger partial charge in [-0.15, -0.1) is 35.3 Å². The molecule has 0 bridgehead atoms. The Morgan fingerprint density at radius 1 is 1.27 bits per heavy atom. The van der Waals surface area contributed by atoms with Crippen LogP contribution in [0.15, 0.2) is 40.7 Å². The predicted molar refractivity (Wildman–Crippen MR) is 134 cm³/mol. The minimum Gasteiger partial charge on any atom is -0.493 e. The highest BCUT2D eigenvalue weighted by atomic mass is 127. The van der Waals surface area contributed by atoms with E-state index in [1.807, 2.05) is 11.4 Å². The Balaban J connectivity index is 0.00000320. The molecule has 2 aromatic rings. The number of nitrogens with zero attached hydrogens (tertiary/aromatic N) is 2. The number of halogens is 1. The fraction of sp³-hybridized carbons (Fsp3) is 0.455. The molecule has 0 atom stereocenters. The van der Waals surface area contributed by atoms with E-state index in [2.05, 4.69) is 41.8 Å². The van der Waals surface area contributed by atoms with E-state index in [1.165, 1.54) is 23.3 Å². The maximum absolute atomic E-state index is 12.0. The summed E-state index contributed by atoms with van der Waals surface area (Å²) in [5.41, 5.74) is 2.22. The molecule has 1 amide bonds. The molecule has 30 heavy (non-hydrogen) atoms. The van der Waals surface area contributed by atoms with Crippen LogP contribution in [-0.4, -0.2) is 44.0 Å². The number of carbonyl (C=O) groups excluding carboxylic acids is 1. The van der Waals surface area contributed by atoms with Crippen LogP contribution in [0, 0.1) is 12.8 Å². The molecule has 1 aliphatic rings. The van der Waals surface area contributed by atoms with Crippen molar-refractivity contribution in [3.8, 4) is 5.75 Å². The fourth-order valence-electron chi connectivity index (χ4n) is 2.66. The number of guanidine groups is 1. The third-order valence-corrected chi connectivity index (χ3v) is 5.59. The number of benzene rings is 1. The first-order valence-corrected chi connectivity index (χ1v) is 10.9. The molecule has 1 fully saturated rings. The molecule has 0 unspecified atom stereocenters. The molecule has 1 saturated carbocycles. The SMILES string of the molecule is Cc1ccc(CN=C(NCC(=O)N(C)C)NCc2cccs2)c(OCC2CC2)c1.I. The van der Waals surface area contributed by atoms with Gasteiger partial charge in [-0.25, -0.2) is 4.99 Å². The highest BCUT2D eigenvalue weighted by molar-refractivity contribution is 14.0. The summed E-state index contributed by atoms with van der Waals surface area (Å²) in [5, 5.41) is 8.50. The smallest absolute Gasteiger partial charge is 0.241 e. The number of thiophene rings is 1. The first-order valence-electron chi connectivity index (χ1n) is 9.98. The number of rotatable bonds is 9. The number of nitrogens with one attached hydrogen (secondary N) is 2. The van der Waals surface area contributed by atoms with Gasteiger partial charge in [0.15, 0.2) is 5.96 Å². The van der Waals surface area contributed by atoms with Crippen molar-refractivity contribution in [2.75, 3.05) is 27.2 Å². The topological polar surface area (TPSA) is 66.0 Å². The highest BCUT2D eigenvalue weighted by Crippen LogP contribution is 2.31. The summed E-state index contributed by atoms with van der Waals surface area (Å²) >= 11 is 1.69. The van der Waals surface area contributed by atoms with E-state index in [9.17, 15) is 4.79 Å². The Bertz CT molecular complexity index is 836. The van der Waals surface area contributed by atoms with Gasteiger partial charge >= 0.3 is 0 Å². The van der Waals surface area contributed by atoms with Crippen LogP contribution in [-0.2, 0) is 17.9 Å². The molecule has 0 spiro atoms. The second kappa shape index (κ2) is 12.1. The molecule has 0 saturated heterocycles. The van der Waals surface area contributed by atoms with E-state index in [-0.39, 0.29) is 36.4 Å². The Kier molecular flexibility index (Phi) is 9.90. The highest BCUT2D eigenvalue weighted by Gasteiger charge is 2.22. The lowest BCUT2D eigenvalue weighted by molar-refractivity contribution is -0.127. The Morgan fingerprint density at radius 3 is 2.73 bits per heavy atom. The Labute approximate surface area is 200 Å². The van der Waals surface area contributed by atoms with Crippen molar-refractivity contribution in [3.63, 3.8) is 0 Å². The lowest BCUT2D eigenvalue weighted by Crippen LogP contribution is -2.42. The summed E-state index contributed by atoms with van der Waals surface area (Å²) in [4.78, 5) is 19.4. The minimum absolute atomic E-state index is 0. The van der Waals surface area contributed by atoms with Crippen LogP contribution in [0.3, 0.4) is 0 Å². The Morgan fingerprint density at radius 2 is 2.07 bits per heavy atom. The molecule has 1 aromatic carbocycles. The summed E-state index contributed by atoms with van der Waals surface area (Å²) in [7, 11) is 3.49. The predicted octanol–water partition coefficient (Wildman–Crippen LogP) is 3.79. The van der Waals surface area contributed by atoms with Gasteiger partial charge < -0.3 is 20.3 Å². The van der Waals surface area contributed by atoms with Crippen LogP contribution in [0.1, 0.15) is 28.8 Å². The summed E-state index contributed by atoms with van der Waals surface area (Å²) in [6.07, 6.45) is 2.53. The van der Waals surface area contributed by atoms with Gasteiger partial charge in [0.1, 0.15) is 5.75 Å². The first-order chi connectivity index (χ1) is 14.0. The van der Waals surface area contributed by atoms with Crippen molar-refractivity contribution < 1.29 is 9.53 Å². The number of ether oxygens (including phenoxy) is 1. The van der Waals surface area contributed by atoms with E-state index >= 15 is 0 Å². The van der Waals surface area contributed by atoms with E-state index in [1.54, 1.807) is 30.3 Å². The number of amides is 1. The molecule has 1 aromatic heterocycles. The van der Waals surface area contributed by atoms with Gasteiger partial charge in [0.05, 0.1) is 26.2 Å². The van der Waals surface area contributed by atoms with Crippen molar-refractivity contribution in [2.45, 2.75) is 32.9 Å². The lowest BCUT2D eigenvalue weighted by Gasteiger charge is -2.15. The number of likely N-dealkylation sites (N-methyl/N-ethyl adjacent to an activating group) is 1. The van der Waals surface area contributed by atoms with Crippen LogP contribution in [0.4, 0.5) is 0 Å². The van der Waals surface area contributed by atoms with Gasteiger partial charge in [-0.2, -0.15) is 0 Å².